The molecule has 0 unspecified atom stereocenters. The molecule has 5 aromatic rings. The zero-order chi connectivity index (χ0) is 42.9. The number of aromatic nitrogens is 2. The van der Waals surface area contributed by atoms with Crippen molar-refractivity contribution in [2.45, 2.75) is 14.7 Å². The maximum absolute atomic E-state index is 11.9. The molecule has 0 bridgehead atoms. The largest absolute Gasteiger partial charge is 1.00 e. The number of carbonyl (C=O) groups is 1. The Kier molecular flexibility index (Phi) is 19.6. The number of phenols is 1. The zero-order valence-corrected chi connectivity index (χ0v) is 33.1. The van der Waals surface area contributed by atoms with Gasteiger partial charge in [-0.15, -0.1) is 20.2 Å². The van der Waals surface area contributed by atoms with E-state index >= 15 is 0 Å². The fourth-order valence-corrected chi connectivity index (χ4v) is 5.62. The Balaban J connectivity index is 0.00000107. The summed E-state index contributed by atoms with van der Waals surface area (Å²) in [4.78, 5) is 16.4. The van der Waals surface area contributed by atoms with E-state index in [9.17, 15) is 49.7 Å². The first-order valence-corrected chi connectivity index (χ1v) is 18.8. The molecule has 0 atom stereocenters. The van der Waals surface area contributed by atoms with Crippen LogP contribution in [0, 0.1) is 5.95 Å². The Morgan fingerprint density at radius 2 is 1.59 bits per heavy atom. The third-order valence-electron chi connectivity index (χ3n) is 6.56. The quantitative estimate of drug-likeness (QED) is 0.00754. The topological polar surface area (TPSA) is 319 Å². The molecule has 5 rings (SSSR count). The summed E-state index contributed by atoms with van der Waals surface area (Å²) in [7, 11) is -8.06. The van der Waals surface area contributed by atoms with Crippen LogP contribution in [0.3, 0.4) is 0 Å². The molecular formula is C32H28CuF2N9O12S3. The van der Waals surface area contributed by atoms with Gasteiger partial charge in [-0.2, -0.15) is 31.5 Å². The van der Waals surface area contributed by atoms with Gasteiger partial charge in [0.1, 0.15) is 16.9 Å². The summed E-state index contributed by atoms with van der Waals surface area (Å²) in [6.07, 6.45) is 2.51. The molecular weight excluding hydrogens is 900 g/mol. The first-order chi connectivity index (χ1) is 27.6. The normalized spacial score (nSPS) is 11.5. The van der Waals surface area contributed by atoms with Gasteiger partial charge >= 0.3 is 23.0 Å². The number of hydrogen-bond acceptors (Lipinski definition) is 17. The predicted octanol–water partition coefficient (Wildman–Crippen LogP) is 7.82. The van der Waals surface area contributed by atoms with Crippen molar-refractivity contribution in [3.63, 3.8) is 0 Å². The van der Waals surface area contributed by atoms with Crippen molar-refractivity contribution in [3.8, 4) is 5.75 Å². The molecule has 0 saturated heterocycles. The molecule has 0 amide bonds. The van der Waals surface area contributed by atoms with E-state index in [1.54, 1.807) is 37.4 Å². The van der Waals surface area contributed by atoms with Crippen LogP contribution < -0.4 is 5.32 Å². The van der Waals surface area contributed by atoms with Gasteiger partial charge in [0, 0.05) is 41.0 Å². The second kappa shape index (κ2) is 23.5. The average Bonchev–Trinajstić information content (AvgIpc) is 3.20. The summed E-state index contributed by atoms with van der Waals surface area (Å²) >= 11 is 0.500. The van der Waals surface area contributed by atoms with Gasteiger partial charge in [-0.05, 0) is 60.7 Å². The number of carboxylic acid groups (broad SMARTS) is 1. The van der Waals surface area contributed by atoms with Crippen molar-refractivity contribution in [1.82, 2.24) is 9.97 Å². The van der Waals surface area contributed by atoms with Crippen LogP contribution in [0.1, 0.15) is 15.9 Å². The van der Waals surface area contributed by atoms with E-state index < -0.39 is 59.2 Å². The summed E-state index contributed by atoms with van der Waals surface area (Å²) < 4.78 is 91.9. The van der Waals surface area contributed by atoms with E-state index in [1.807, 2.05) is 0 Å². The van der Waals surface area contributed by atoms with E-state index in [2.05, 4.69) is 55.6 Å². The maximum atomic E-state index is 11.9. The summed E-state index contributed by atoms with van der Waals surface area (Å²) in [5.41, 5.74) is 4.23. The SMILES string of the molecule is CF.CNc1ccc(N=Nc2cccc(C(N=Nc3cc(S(=O)(=O)O)cc(S(=O)(=O)O)c3O)=N[N-]c3cc(SOOO)ccc3C(=O)O)c2)cc1.Fc1ccncn1.[Cu+]. The Labute approximate surface area is 348 Å². The molecule has 0 radical (unpaired) electrons. The number of nitrogens with one attached hydrogen (secondary N) is 1. The molecule has 316 valence electrons. The summed E-state index contributed by atoms with van der Waals surface area (Å²) in [5, 5.41) is 55.0. The molecule has 0 fully saturated rings. The van der Waals surface area contributed by atoms with E-state index in [-0.39, 0.29) is 44.5 Å². The Morgan fingerprint density at radius 3 is 2.15 bits per heavy atom. The molecule has 0 aliphatic rings. The third kappa shape index (κ3) is 15.4. The second-order valence-electron chi connectivity index (χ2n) is 10.3. The van der Waals surface area contributed by atoms with Gasteiger partial charge in [-0.3, -0.25) is 13.5 Å². The van der Waals surface area contributed by atoms with E-state index in [1.165, 1.54) is 42.6 Å². The summed E-state index contributed by atoms with van der Waals surface area (Å²) in [6.45, 7) is 0. The first kappa shape index (κ1) is 49.3. The van der Waals surface area contributed by atoms with Crippen LogP contribution >= 0.6 is 12.0 Å². The zero-order valence-electron chi connectivity index (χ0n) is 29.7. The van der Waals surface area contributed by atoms with E-state index in [0.717, 1.165) is 18.1 Å². The molecule has 6 N–H and O–H groups in total. The number of alkyl halides is 1. The molecule has 59 heavy (non-hydrogen) atoms. The Hall–Kier alpha value is -5.87. The van der Waals surface area contributed by atoms with Crippen LogP contribution in [0.5, 0.6) is 5.75 Å². The number of aromatic hydroxyl groups is 1. The number of halogens is 2. The molecule has 0 saturated carbocycles. The van der Waals surface area contributed by atoms with Gasteiger partial charge < -0.3 is 26.1 Å². The Bertz CT molecular complexity index is 2510. The number of rotatable bonds is 13. The minimum Gasteiger partial charge on any atom is -0.573 e. The fraction of sp³-hybridized carbons (Fsp3) is 0.0625. The minimum absolute atomic E-state index is 0. The van der Waals surface area contributed by atoms with Gasteiger partial charge in [0.15, 0.2) is 11.6 Å². The number of benzene rings is 4. The van der Waals surface area contributed by atoms with Crippen molar-refractivity contribution in [2.75, 3.05) is 19.5 Å². The smallest absolute Gasteiger partial charge is 0.573 e. The second-order valence-corrected chi connectivity index (χ2v) is 13.8. The molecule has 0 spiro atoms. The van der Waals surface area contributed by atoms with E-state index in [0.29, 0.717) is 37.0 Å². The minimum atomic E-state index is -5.23. The monoisotopic (exact) mass is 927 g/mol. The molecule has 4 aromatic carbocycles. The maximum Gasteiger partial charge on any atom is 1.00 e. The average molecular weight is 928 g/mol. The number of aromatic carboxylic acids is 1. The van der Waals surface area contributed by atoms with Gasteiger partial charge in [-0.1, -0.05) is 23.2 Å². The van der Waals surface area contributed by atoms with Crippen LogP contribution in [0.4, 0.5) is 37.2 Å². The predicted molar refractivity (Wildman–Crippen MR) is 201 cm³/mol. The number of amidine groups is 1. The van der Waals surface area contributed by atoms with Crippen molar-refractivity contribution >= 4 is 72.5 Å². The number of phenolic OH excluding ortho intramolecular Hbond substituents is 1. The molecule has 0 aliphatic carbocycles. The summed E-state index contributed by atoms with van der Waals surface area (Å²) in [6, 6.07) is 18.6. The van der Waals surface area contributed by atoms with Gasteiger partial charge in [0.25, 0.3) is 20.2 Å². The van der Waals surface area contributed by atoms with E-state index in [4.69, 9.17) is 5.26 Å². The van der Waals surface area contributed by atoms with Crippen LogP contribution in [0.15, 0.2) is 138 Å². The van der Waals surface area contributed by atoms with Crippen molar-refractivity contribution in [3.05, 3.63) is 120 Å². The molecule has 1 aromatic heterocycles. The number of nitrogens with zero attached hydrogens (tertiary/aromatic N) is 8. The van der Waals surface area contributed by atoms with Crippen LogP contribution in [-0.4, -0.2) is 77.4 Å². The molecule has 0 aliphatic heterocycles. The number of azo groups is 2. The fourth-order valence-electron chi connectivity index (χ4n) is 4.00. The molecule has 21 nitrogen and oxygen atoms in total. The standard InChI is InChI=1S/C27H23N7O12S3.C4H3FN2.CH3F.Cu/c1-28-16-5-7-17(8-6-16)29-30-18-4-2-3-15(11-18)26(33-31-22-12-19(47-46-45-38)9-10-21(22)27(36)37)34-32-23-13-20(48(39,40)41)14-24(25(23)35)49(42,43)44;5-4-1-2-6-3-7-4;1-2;/h2-14H,1H3,(H7,28,29,30,31,32,33,34,35,36,37,38,39,40,41,42,43,44);1-3H;1H3;/q;;;+1/p-1. The number of hydrogen-bond donors (Lipinski definition) is 6. The summed E-state index contributed by atoms with van der Waals surface area (Å²) in [5.74, 6) is -3.55. The molecule has 1 heterocycles. The van der Waals surface area contributed by atoms with Crippen LogP contribution in [0.25, 0.3) is 5.43 Å². The van der Waals surface area contributed by atoms with Gasteiger partial charge in [0.2, 0.25) is 5.95 Å². The molecule has 27 heteroatoms. The van der Waals surface area contributed by atoms with Crippen LogP contribution in [-0.2, 0) is 46.7 Å². The first-order valence-electron chi connectivity index (χ1n) is 15.2. The van der Waals surface area contributed by atoms with Gasteiger partial charge in [-0.25, -0.2) is 20.0 Å². The number of carboxylic acids is 1. The Morgan fingerprint density at radius 1 is 0.898 bits per heavy atom. The third-order valence-corrected chi connectivity index (χ3v) is 8.83. The van der Waals surface area contributed by atoms with Crippen molar-refractivity contribution < 1.29 is 81.4 Å². The van der Waals surface area contributed by atoms with Crippen LogP contribution in [0.2, 0.25) is 0 Å². The van der Waals surface area contributed by atoms with Gasteiger partial charge in [0.05, 0.1) is 35.5 Å². The van der Waals surface area contributed by atoms with Crippen molar-refractivity contribution in [1.29, 1.82) is 0 Å². The van der Waals surface area contributed by atoms with Crippen molar-refractivity contribution in [2.24, 2.45) is 25.6 Å². The number of anilines is 1.